The van der Waals surface area contributed by atoms with E-state index in [0.29, 0.717) is 0 Å². The zero-order valence-corrected chi connectivity index (χ0v) is 13.0. The second kappa shape index (κ2) is 6.17. The molecule has 0 unspecified atom stereocenters. The molecule has 0 aliphatic heterocycles. The average Bonchev–Trinajstić information content (AvgIpc) is 3.03. The molecule has 0 saturated heterocycles. The summed E-state index contributed by atoms with van der Waals surface area (Å²) in [4.78, 5) is 14.2. The molecule has 3 aromatic rings. The number of halogens is 4. The van der Waals surface area contributed by atoms with E-state index in [1.807, 2.05) is 0 Å². The first-order chi connectivity index (χ1) is 11.8. The summed E-state index contributed by atoms with van der Waals surface area (Å²) in [5, 5.41) is 14.8. The van der Waals surface area contributed by atoms with E-state index in [2.05, 4.69) is 10.1 Å². The lowest BCUT2D eigenvalue weighted by molar-refractivity contribution is -0.384. The second-order valence-corrected chi connectivity index (χ2v) is 5.34. The van der Waals surface area contributed by atoms with Crippen molar-refractivity contribution in [3.8, 4) is 17.1 Å². The van der Waals surface area contributed by atoms with Gasteiger partial charge in [0.1, 0.15) is 11.3 Å². The van der Waals surface area contributed by atoms with Crippen molar-refractivity contribution in [1.29, 1.82) is 0 Å². The molecule has 1 heterocycles. The molecule has 0 radical (unpaired) electrons. The minimum absolute atomic E-state index is 0.0916. The fourth-order valence-corrected chi connectivity index (χ4v) is 2.50. The van der Waals surface area contributed by atoms with Gasteiger partial charge in [-0.3, -0.25) is 10.1 Å². The Balaban J connectivity index is 2.19. The minimum atomic E-state index is -4.58. The standard InChI is InChI=1S/C15H8ClF3N4O2/c16-12-6-5-9(7-13(12)23(24)25)22-14(20-8-21-22)10-3-1-2-4-11(10)15(17,18)19/h1-8H. The first kappa shape index (κ1) is 16.9. The van der Waals surface area contributed by atoms with Gasteiger partial charge in [0.05, 0.1) is 16.2 Å². The van der Waals surface area contributed by atoms with E-state index in [-0.39, 0.29) is 27.8 Å². The van der Waals surface area contributed by atoms with Gasteiger partial charge >= 0.3 is 6.18 Å². The van der Waals surface area contributed by atoms with Crippen LogP contribution >= 0.6 is 11.6 Å². The first-order valence-corrected chi connectivity index (χ1v) is 7.18. The number of rotatable bonds is 3. The van der Waals surface area contributed by atoms with Crippen molar-refractivity contribution >= 4 is 17.3 Å². The zero-order valence-electron chi connectivity index (χ0n) is 12.2. The molecule has 0 saturated carbocycles. The lowest BCUT2D eigenvalue weighted by Gasteiger charge is -2.13. The molecule has 25 heavy (non-hydrogen) atoms. The van der Waals surface area contributed by atoms with Gasteiger partial charge in [0.15, 0.2) is 5.82 Å². The zero-order chi connectivity index (χ0) is 18.2. The lowest BCUT2D eigenvalue weighted by Crippen LogP contribution is -2.09. The maximum atomic E-state index is 13.2. The highest BCUT2D eigenvalue weighted by atomic mass is 35.5. The molecule has 0 bridgehead atoms. The maximum absolute atomic E-state index is 13.2. The predicted octanol–water partition coefficient (Wildman–Crippen LogP) is 4.51. The largest absolute Gasteiger partial charge is 0.417 e. The molecule has 3 rings (SSSR count). The number of nitro benzene ring substituents is 1. The average molecular weight is 369 g/mol. The van der Waals surface area contributed by atoms with Crippen molar-refractivity contribution in [2.75, 3.05) is 0 Å². The Morgan fingerprint density at radius 1 is 1.16 bits per heavy atom. The van der Waals surface area contributed by atoms with Gasteiger partial charge in [0, 0.05) is 11.6 Å². The third-order valence-corrected chi connectivity index (χ3v) is 3.71. The monoisotopic (exact) mass is 368 g/mol. The normalized spacial score (nSPS) is 11.5. The van der Waals surface area contributed by atoms with E-state index in [0.717, 1.165) is 23.1 Å². The minimum Gasteiger partial charge on any atom is -0.258 e. The van der Waals surface area contributed by atoms with Crippen LogP contribution in [0.3, 0.4) is 0 Å². The van der Waals surface area contributed by atoms with Crippen LogP contribution in [0.2, 0.25) is 5.02 Å². The summed E-state index contributed by atoms with van der Waals surface area (Å²) < 4.78 is 40.8. The summed E-state index contributed by atoms with van der Waals surface area (Å²) >= 11 is 5.76. The Labute approximate surface area is 143 Å². The van der Waals surface area contributed by atoms with Gasteiger partial charge in [-0.05, 0) is 18.2 Å². The number of hydrogen-bond acceptors (Lipinski definition) is 4. The first-order valence-electron chi connectivity index (χ1n) is 6.80. The Hall–Kier alpha value is -2.94. The Kier molecular flexibility index (Phi) is 4.17. The van der Waals surface area contributed by atoms with E-state index in [9.17, 15) is 23.3 Å². The molecule has 0 aliphatic carbocycles. The third kappa shape index (κ3) is 3.18. The molecule has 0 N–H and O–H groups in total. The van der Waals surface area contributed by atoms with Gasteiger partial charge in [0.2, 0.25) is 0 Å². The number of hydrogen-bond donors (Lipinski definition) is 0. The summed E-state index contributed by atoms with van der Waals surface area (Å²) in [5.74, 6) is -0.0930. The summed E-state index contributed by atoms with van der Waals surface area (Å²) in [5.41, 5.74) is -1.29. The summed E-state index contributed by atoms with van der Waals surface area (Å²) in [7, 11) is 0. The SMILES string of the molecule is O=[N+]([O-])c1cc(-n2ncnc2-c2ccccc2C(F)(F)F)ccc1Cl. The Morgan fingerprint density at radius 3 is 2.56 bits per heavy atom. The number of nitro groups is 1. The fourth-order valence-electron chi connectivity index (χ4n) is 2.31. The molecule has 128 valence electrons. The molecule has 0 fully saturated rings. The van der Waals surface area contributed by atoms with Gasteiger partial charge in [0.25, 0.3) is 5.69 Å². The smallest absolute Gasteiger partial charge is 0.258 e. The highest BCUT2D eigenvalue weighted by Crippen LogP contribution is 2.37. The van der Waals surface area contributed by atoms with Gasteiger partial charge in [-0.25, -0.2) is 9.67 Å². The van der Waals surface area contributed by atoms with E-state index in [1.165, 1.54) is 30.3 Å². The molecule has 0 spiro atoms. The van der Waals surface area contributed by atoms with Gasteiger partial charge in [-0.2, -0.15) is 18.3 Å². The van der Waals surface area contributed by atoms with Gasteiger partial charge in [-0.15, -0.1) is 0 Å². The fraction of sp³-hybridized carbons (Fsp3) is 0.0667. The Bertz CT molecular complexity index is 956. The molecular formula is C15H8ClF3N4O2. The highest BCUT2D eigenvalue weighted by molar-refractivity contribution is 6.32. The molecule has 0 aliphatic rings. The van der Waals surface area contributed by atoms with Crippen molar-refractivity contribution in [1.82, 2.24) is 14.8 Å². The third-order valence-electron chi connectivity index (χ3n) is 3.39. The van der Waals surface area contributed by atoms with E-state index < -0.39 is 16.7 Å². The Morgan fingerprint density at radius 2 is 1.88 bits per heavy atom. The van der Waals surface area contributed by atoms with Crippen molar-refractivity contribution < 1.29 is 18.1 Å². The lowest BCUT2D eigenvalue weighted by atomic mass is 10.1. The topological polar surface area (TPSA) is 73.8 Å². The van der Waals surface area contributed by atoms with Crippen LogP contribution in [0.15, 0.2) is 48.8 Å². The molecule has 1 aromatic heterocycles. The van der Waals surface area contributed by atoms with Crippen LogP contribution in [0.5, 0.6) is 0 Å². The number of alkyl halides is 3. The maximum Gasteiger partial charge on any atom is 0.417 e. The van der Waals surface area contributed by atoms with Crippen molar-refractivity contribution in [2.24, 2.45) is 0 Å². The van der Waals surface area contributed by atoms with Crippen molar-refractivity contribution in [3.05, 3.63) is 69.5 Å². The molecular weight excluding hydrogens is 361 g/mol. The summed E-state index contributed by atoms with van der Waals surface area (Å²) in [6.45, 7) is 0. The van der Waals surface area contributed by atoms with Crippen LogP contribution in [-0.4, -0.2) is 19.7 Å². The van der Waals surface area contributed by atoms with Crippen LogP contribution in [-0.2, 0) is 6.18 Å². The van der Waals surface area contributed by atoms with Gasteiger partial charge < -0.3 is 0 Å². The predicted molar refractivity (Wildman–Crippen MR) is 83.5 cm³/mol. The van der Waals surface area contributed by atoms with E-state index >= 15 is 0 Å². The van der Waals surface area contributed by atoms with Crippen LogP contribution in [0.1, 0.15) is 5.56 Å². The molecule has 0 atom stereocenters. The highest BCUT2D eigenvalue weighted by Gasteiger charge is 2.34. The van der Waals surface area contributed by atoms with Crippen LogP contribution < -0.4 is 0 Å². The van der Waals surface area contributed by atoms with Crippen LogP contribution in [0.4, 0.5) is 18.9 Å². The summed E-state index contributed by atoms with van der Waals surface area (Å²) in [6, 6.07) is 8.69. The van der Waals surface area contributed by atoms with Crippen molar-refractivity contribution in [3.63, 3.8) is 0 Å². The molecule has 0 amide bonds. The van der Waals surface area contributed by atoms with Crippen LogP contribution in [0, 0.1) is 10.1 Å². The van der Waals surface area contributed by atoms with Crippen LogP contribution in [0.25, 0.3) is 17.1 Å². The molecule has 10 heteroatoms. The van der Waals surface area contributed by atoms with Crippen molar-refractivity contribution in [2.45, 2.75) is 6.18 Å². The van der Waals surface area contributed by atoms with E-state index in [4.69, 9.17) is 11.6 Å². The number of benzene rings is 2. The van der Waals surface area contributed by atoms with Gasteiger partial charge in [-0.1, -0.05) is 29.8 Å². The number of aromatic nitrogens is 3. The quantitative estimate of drug-likeness (QED) is 0.503. The van der Waals surface area contributed by atoms with E-state index in [1.54, 1.807) is 0 Å². The number of nitrogens with zero attached hydrogens (tertiary/aromatic N) is 4. The summed E-state index contributed by atoms with van der Waals surface area (Å²) in [6.07, 6.45) is -3.51. The molecule has 2 aromatic carbocycles. The second-order valence-electron chi connectivity index (χ2n) is 4.93. The molecule has 6 nitrogen and oxygen atoms in total.